The predicted molar refractivity (Wildman–Crippen MR) is 88.9 cm³/mol. The van der Waals surface area contributed by atoms with E-state index >= 15 is 0 Å². The summed E-state index contributed by atoms with van der Waals surface area (Å²) < 4.78 is 36.4. The van der Waals surface area contributed by atoms with E-state index in [2.05, 4.69) is 0 Å². The maximum absolute atomic E-state index is 13.3. The lowest BCUT2D eigenvalue weighted by Crippen LogP contribution is -2.40. The lowest BCUT2D eigenvalue weighted by atomic mass is 10.2. The van der Waals surface area contributed by atoms with Gasteiger partial charge in [-0.05, 0) is 24.6 Å². The van der Waals surface area contributed by atoms with Gasteiger partial charge in [-0.2, -0.15) is 0 Å². The molecular formula is C16H21FN2O4S. The Kier molecular flexibility index (Phi) is 5.58. The summed E-state index contributed by atoms with van der Waals surface area (Å²) in [6.07, 6.45) is 0.480. The Morgan fingerprint density at radius 2 is 2.04 bits per heavy atom. The highest BCUT2D eigenvalue weighted by Crippen LogP contribution is 2.19. The van der Waals surface area contributed by atoms with Crippen LogP contribution in [0.3, 0.4) is 0 Å². The highest BCUT2D eigenvalue weighted by atomic mass is 32.2. The van der Waals surface area contributed by atoms with Gasteiger partial charge in [0.15, 0.2) is 9.84 Å². The van der Waals surface area contributed by atoms with Crippen LogP contribution in [0.2, 0.25) is 0 Å². The number of hydrogen-bond donors (Lipinski definition) is 0. The van der Waals surface area contributed by atoms with E-state index in [1.54, 1.807) is 13.1 Å². The first-order chi connectivity index (χ1) is 11.2. The molecule has 1 aromatic carbocycles. The third kappa shape index (κ3) is 4.53. The number of amides is 2. The number of nitrogens with zero attached hydrogens (tertiary/aromatic N) is 2. The quantitative estimate of drug-likeness (QED) is 0.795. The molecule has 2 amide bonds. The standard InChI is InChI=1S/C16H21FN2O4S/c1-12(20)19(14-5-3-4-13(17)10-14)8-6-16(21)18(2)15-7-9-24(22,23)11-15/h3-5,10,15H,6-9,11H2,1-2H3. The van der Waals surface area contributed by atoms with Crippen LogP contribution in [0.1, 0.15) is 19.8 Å². The third-order valence-corrected chi connectivity index (χ3v) is 5.95. The lowest BCUT2D eigenvalue weighted by molar-refractivity contribution is -0.131. The number of hydrogen-bond acceptors (Lipinski definition) is 4. The van der Waals surface area contributed by atoms with E-state index in [9.17, 15) is 22.4 Å². The highest BCUT2D eigenvalue weighted by Gasteiger charge is 2.32. The number of halogens is 1. The average molecular weight is 356 g/mol. The summed E-state index contributed by atoms with van der Waals surface area (Å²) in [7, 11) is -1.49. The second-order valence-electron chi connectivity index (χ2n) is 5.96. The molecule has 1 aliphatic rings. The van der Waals surface area contributed by atoms with Gasteiger partial charge >= 0.3 is 0 Å². The van der Waals surface area contributed by atoms with Crippen molar-refractivity contribution in [2.45, 2.75) is 25.8 Å². The molecule has 0 N–H and O–H groups in total. The molecule has 1 aliphatic heterocycles. The molecule has 24 heavy (non-hydrogen) atoms. The van der Waals surface area contributed by atoms with Crippen molar-refractivity contribution in [2.75, 3.05) is 30.0 Å². The normalized spacial score (nSPS) is 19.0. The molecule has 1 fully saturated rings. The highest BCUT2D eigenvalue weighted by molar-refractivity contribution is 7.91. The van der Waals surface area contributed by atoms with Crippen molar-refractivity contribution in [3.05, 3.63) is 30.1 Å². The van der Waals surface area contributed by atoms with E-state index in [0.717, 1.165) is 0 Å². The Morgan fingerprint density at radius 3 is 2.58 bits per heavy atom. The zero-order chi connectivity index (χ0) is 17.9. The zero-order valence-electron chi connectivity index (χ0n) is 13.7. The molecule has 6 nitrogen and oxygen atoms in total. The molecule has 1 heterocycles. The smallest absolute Gasteiger partial charge is 0.224 e. The van der Waals surface area contributed by atoms with Crippen LogP contribution >= 0.6 is 0 Å². The summed E-state index contributed by atoms with van der Waals surface area (Å²) in [5, 5.41) is 0. The predicted octanol–water partition coefficient (Wildman–Crippen LogP) is 1.21. The Morgan fingerprint density at radius 1 is 1.33 bits per heavy atom. The Bertz CT molecular complexity index is 735. The van der Waals surface area contributed by atoms with Crippen molar-refractivity contribution in [3.63, 3.8) is 0 Å². The molecule has 0 saturated carbocycles. The van der Waals surface area contributed by atoms with Crippen LogP contribution in [-0.2, 0) is 19.4 Å². The molecule has 1 atom stereocenters. The Labute approximate surface area is 141 Å². The number of carbonyl (C=O) groups excluding carboxylic acids is 2. The van der Waals surface area contributed by atoms with Gasteiger partial charge in [0.05, 0.1) is 11.5 Å². The number of carbonyl (C=O) groups is 2. The van der Waals surface area contributed by atoms with Crippen molar-refractivity contribution in [1.29, 1.82) is 0 Å². The second-order valence-corrected chi connectivity index (χ2v) is 8.19. The third-order valence-electron chi connectivity index (χ3n) is 4.20. The van der Waals surface area contributed by atoms with Crippen molar-refractivity contribution < 1.29 is 22.4 Å². The molecule has 0 bridgehead atoms. The first-order valence-electron chi connectivity index (χ1n) is 7.69. The minimum atomic E-state index is -3.07. The van der Waals surface area contributed by atoms with Gasteiger partial charge in [0, 0.05) is 38.7 Å². The van der Waals surface area contributed by atoms with E-state index in [-0.39, 0.29) is 42.3 Å². The molecule has 0 aliphatic carbocycles. The van der Waals surface area contributed by atoms with E-state index in [1.165, 1.54) is 34.9 Å². The molecule has 2 rings (SSSR count). The van der Waals surface area contributed by atoms with Crippen LogP contribution in [0.5, 0.6) is 0 Å². The van der Waals surface area contributed by atoms with Gasteiger partial charge in [-0.25, -0.2) is 12.8 Å². The SMILES string of the molecule is CC(=O)N(CCC(=O)N(C)C1CCS(=O)(=O)C1)c1cccc(F)c1. The summed E-state index contributed by atoms with van der Waals surface area (Å²) in [5.74, 6) is -0.911. The van der Waals surface area contributed by atoms with Gasteiger partial charge in [-0.15, -0.1) is 0 Å². The first-order valence-corrected chi connectivity index (χ1v) is 9.51. The van der Waals surface area contributed by atoms with Gasteiger partial charge in [-0.1, -0.05) is 6.07 Å². The van der Waals surface area contributed by atoms with Crippen LogP contribution in [-0.4, -0.2) is 56.3 Å². The van der Waals surface area contributed by atoms with Gasteiger partial charge in [0.2, 0.25) is 11.8 Å². The number of rotatable bonds is 5. The topological polar surface area (TPSA) is 74.8 Å². The molecule has 8 heteroatoms. The van der Waals surface area contributed by atoms with Gasteiger partial charge in [-0.3, -0.25) is 9.59 Å². The summed E-state index contributed by atoms with van der Waals surface area (Å²) >= 11 is 0. The fourth-order valence-corrected chi connectivity index (χ4v) is 4.56. The second kappa shape index (κ2) is 7.29. The van der Waals surface area contributed by atoms with Crippen molar-refractivity contribution in [1.82, 2.24) is 4.90 Å². The summed E-state index contributed by atoms with van der Waals surface area (Å²) in [6, 6.07) is 5.29. The molecule has 0 spiro atoms. The van der Waals surface area contributed by atoms with Crippen LogP contribution in [0.4, 0.5) is 10.1 Å². The van der Waals surface area contributed by atoms with Crippen LogP contribution < -0.4 is 4.90 Å². The van der Waals surface area contributed by atoms with E-state index in [4.69, 9.17) is 0 Å². The van der Waals surface area contributed by atoms with E-state index in [1.807, 2.05) is 0 Å². The van der Waals surface area contributed by atoms with Crippen molar-refractivity contribution in [2.24, 2.45) is 0 Å². The average Bonchev–Trinajstić information content (AvgIpc) is 2.86. The molecule has 0 radical (unpaired) electrons. The zero-order valence-corrected chi connectivity index (χ0v) is 14.6. The molecule has 0 aromatic heterocycles. The maximum Gasteiger partial charge on any atom is 0.224 e. The van der Waals surface area contributed by atoms with Crippen molar-refractivity contribution >= 4 is 27.3 Å². The van der Waals surface area contributed by atoms with Crippen LogP contribution in [0, 0.1) is 5.82 Å². The summed E-state index contributed by atoms with van der Waals surface area (Å²) in [4.78, 5) is 26.8. The van der Waals surface area contributed by atoms with Crippen LogP contribution in [0.25, 0.3) is 0 Å². The number of sulfone groups is 1. The van der Waals surface area contributed by atoms with Crippen LogP contribution in [0.15, 0.2) is 24.3 Å². The fourth-order valence-electron chi connectivity index (χ4n) is 2.78. The first kappa shape index (κ1) is 18.4. The van der Waals surface area contributed by atoms with Gasteiger partial charge in [0.25, 0.3) is 0 Å². The molecule has 132 valence electrons. The summed E-state index contributed by atoms with van der Waals surface area (Å²) in [5.41, 5.74) is 0.390. The summed E-state index contributed by atoms with van der Waals surface area (Å²) in [6.45, 7) is 1.46. The maximum atomic E-state index is 13.3. The van der Waals surface area contributed by atoms with E-state index < -0.39 is 15.7 Å². The molecule has 1 unspecified atom stereocenters. The molecule has 1 aromatic rings. The van der Waals surface area contributed by atoms with E-state index in [0.29, 0.717) is 12.1 Å². The largest absolute Gasteiger partial charge is 0.342 e. The number of benzene rings is 1. The fraction of sp³-hybridized carbons (Fsp3) is 0.500. The Hall–Kier alpha value is -1.96. The Balaban J connectivity index is 1.99. The minimum absolute atomic E-state index is 0.0183. The minimum Gasteiger partial charge on any atom is -0.342 e. The molecular weight excluding hydrogens is 335 g/mol. The van der Waals surface area contributed by atoms with Gasteiger partial charge < -0.3 is 9.80 Å². The monoisotopic (exact) mass is 356 g/mol. The number of anilines is 1. The van der Waals surface area contributed by atoms with Crippen molar-refractivity contribution in [3.8, 4) is 0 Å². The van der Waals surface area contributed by atoms with Gasteiger partial charge in [0.1, 0.15) is 5.82 Å². The lowest BCUT2D eigenvalue weighted by Gasteiger charge is -2.26. The molecule has 1 saturated heterocycles.